The Labute approximate surface area is 195 Å². The minimum Gasteiger partial charge on any atom is -0.480 e. The minimum absolute atomic E-state index is 0.0167. The molecule has 0 saturated heterocycles. The number of aliphatic carboxylic acids is 1. The SMILES string of the molecule is Cc1ccc(Cl)cc1-c1nc(N)nc(Nc2ccc(COC(=O)CC[C@H](N)C(=O)O)cc2)n1. The summed E-state index contributed by atoms with van der Waals surface area (Å²) in [7, 11) is 0. The van der Waals surface area contributed by atoms with Gasteiger partial charge in [0, 0.05) is 22.7 Å². The van der Waals surface area contributed by atoms with Crippen molar-refractivity contribution in [3.63, 3.8) is 0 Å². The number of ether oxygens (including phenoxy) is 1. The molecule has 11 heteroatoms. The minimum atomic E-state index is -1.15. The highest BCUT2D eigenvalue weighted by molar-refractivity contribution is 6.30. The molecule has 0 fully saturated rings. The maximum absolute atomic E-state index is 11.8. The summed E-state index contributed by atoms with van der Waals surface area (Å²) in [4.78, 5) is 35.2. The average Bonchev–Trinajstić information content (AvgIpc) is 2.78. The molecule has 0 radical (unpaired) electrons. The van der Waals surface area contributed by atoms with Crippen LogP contribution in [-0.4, -0.2) is 38.0 Å². The molecule has 2 aromatic carbocycles. The van der Waals surface area contributed by atoms with Gasteiger partial charge in [0.2, 0.25) is 11.9 Å². The van der Waals surface area contributed by atoms with Gasteiger partial charge in [-0.3, -0.25) is 9.59 Å². The third kappa shape index (κ3) is 6.86. The van der Waals surface area contributed by atoms with Gasteiger partial charge in [0.05, 0.1) is 0 Å². The quantitative estimate of drug-likeness (QED) is 0.341. The van der Waals surface area contributed by atoms with Crippen LogP contribution < -0.4 is 16.8 Å². The molecule has 0 amide bonds. The Morgan fingerprint density at radius 3 is 2.58 bits per heavy atom. The molecule has 0 aliphatic heterocycles. The molecule has 3 rings (SSSR count). The molecular formula is C22H23ClN6O4. The Kier molecular flexibility index (Phi) is 7.75. The van der Waals surface area contributed by atoms with Gasteiger partial charge in [-0.1, -0.05) is 29.8 Å². The predicted octanol–water partition coefficient (Wildman–Crippen LogP) is 3.06. The number of carbonyl (C=O) groups excluding carboxylic acids is 1. The molecule has 1 aromatic heterocycles. The predicted molar refractivity (Wildman–Crippen MR) is 124 cm³/mol. The number of carbonyl (C=O) groups is 2. The molecule has 10 nitrogen and oxygen atoms in total. The second-order valence-corrected chi connectivity index (χ2v) is 7.70. The van der Waals surface area contributed by atoms with Gasteiger partial charge in [-0.15, -0.1) is 0 Å². The summed E-state index contributed by atoms with van der Waals surface area (Å²) in [5.74, 6) is -0.936. The van der Waals surface area contributed by atoms with E-state index in [-0.39, 0.29) is 31.3 Å². The molecule has 1 heterocycles. The number of nitrogen functional groups attached to an aromatic ring is 1. The third-order valence-corrected chi connectivity index (χ3v) is 4.91. The van der Waals surface area contributed by atoms with E-state index in [9.17, 15) is 9.59 Å². The summed E-state index contributed by atoms with van der Waals surface area (Å²) in [5.41, 5.74) is 14.4. The van der Waals surface area contributed by atoms with Gasteiger partial charge >= 0.3 is 11.9 Å². The number of hydrogen-bond donors (Lipinski definition) is 4. The van der Waals surface area contributed by atoms with Crippen LogP contribution in [0.25, 0.3) is 11.4 Å². The number of rotatable bonds is 9. The van der Waals surface area contributed by atoms with E-state index in [0.29, 0.717) is 16.5 Å². The van der Waals surface area contributed by atoms with Crippen molar-refractivity contribution in [3.8, 4) is 11.4 Å². The molecule has 3 aromatic rings. The van der Waals surface area contributed by atoms with E-state index in [1.165, 1.54) is 0 Å². The summed E-state index contributed by atoms with van der Waals surface area (Å²) in [6, 6.07) is 11.4. The molecular weight excluding hydrogens is 448 g/mol. The molecule has 0 saturated carbocycles. The van der Waals surface area contributed by atoms with E-state index < -0.39 is 18.0 Å². The summed E-state index contributed by atoms with van der Waals surface area (Å²) in [6.07, 6.45) is -0.0505. The summed E-state index contributed by atoms with van der Waals surface area (Å²) in [5, 5.41) is 12.4. The molecule has 0 unspecified atom stereocenters. The van der Waals surface area contributed by atoms with E-state index in [4.69, 9.17) is 32.9 Å². The van der Waals surface area contributed by atoms with E-state index in [0.717, 1.165) is 16.7 Å². The van der Waals surface area contributed by atoms with Crippen molar-refractivity contribution in [2.24, 2.45) is 5.73 Å². The van der Waals surface area contributed by atoms with Crippen molar-refractivity contribution in [2.75, 3.05) is 11.1 Å². The van der Waals surface area contributed by atoms with E-state index in [1.807, 2.05) is 13.0 Å². The van der Waals surface area contributed by atoms with E-state index >= 15 is 0 Å². The zero-order valence-electron chi connectivity index (χ0n) is 17.8. The first-order valence-corrected chi connectivity index (χ1v) is 10.4. The van der Waals surface area contributed by atoms with Crippen molar-refractivity contribution in [1.29, 1.82) is 0 Å². The Morgan fingerprint density at radius 2 is 1.88 bits per heavy atom. The topological polar surface area (TPSA) is 166 Å². The van der Waals surface area contributed by atoms with Crippen LogP contribution in [0, 0.1) is 6.92 Å². The van der Waals surface area contributed by atoms with Crippen LogP contribution in [0.1, 0.15) is 24.0 Å². The van der Waals surface area contributed by atoms with Crippen LogP contribution in [0.15, 0.2) is 42.5 Å². The van der Waals surface area contributed by atoms with Crippen LogP contribution in [0.5, 0.6) is 0 Å². The largest absolute Gasteiger partial charge is 0.480 e. The Hall–Kier alpha value is -3.76. The standard InChI is InChI=1S/C22H23ClN6O4/c1-12-2-5-14(23)10-16(12)19-27-21(25)29-22(28-19)26-15-6-3-13(4-7-15)11-33-18(30)9-8-17(24)20(31)32/h2-7,10,17H,8-9,11,24H2,1H3,(H,31,32)(H3,25,26,27,28,29)/t17-/m0/s1. The second-order valence-electron chi connectivity index (χ2n) is 7.27. The molecule has 0 bridgehead atoms. The van der Waals surface area contributed by atoms with Gasteiger partial charge in [0.25, 0.3) is 0 Å². The lowest BCUT2D eigenvalue weighted by Crippen LogP contribution is -2.30. The molecule has 0 aliphatic rings. The highest BCUT2D eigenvalue weighted by atomic mass is 35.5. The van der Waals surface area contributed by atoms with Crippen LogP contribution >= 0.6 is 11.6 Å². The number of benzene rings is 2. The first-order valence-electron chi connectivity index (χ1n) is 9.99. The molecule has 6 N–H and O–H groups in total. The van der Waals surface area contributed by atoms with Crippen LogP contribution in [-0.2, 0) is 20.9 Å². The fraction of sp³-hybridized carbons (Fsp3) is 0.227. The molecule has 0 aliphatic carbocycles. The number of carboxylic acid groups (broad SMARTS) is 1. The van der Waals surface area contributed by atoms with Gasteiger partial charge in [0.1, 0.15) is 12.6 Å². The first kappa shape index (κ1) is 23.9. The number of nitrogens with one attached hydrogen (secondary N) is 1. The van der Waals surface area contributed by atoms with Crippen LogP contribution in [0.3, 0.4) is 0 Å². The number of hydrogen-bond acceptors (Lipinski definition) is 9. The summed E-state index contributed by atoms with van der Waals surface area (Å²) >= 11 is 6.10. The Bertz CT molecular complexity index is 1160. The number of anilines is 3. The smallest absolute Gasteiger partial charge is 0.320 e. The number of aryl methyl sites for hydroxylation is 1. The monoisotopic (exact) mass is 470 g/mol. The van der Waals surface area contributed by atoms with E-state index in [2.05, 4.69) is 20.3 Å². The third-order valence-electron chi connectivity index (χ3n) is 4.68. The molecule has 33 heavy (non-hydrogen) atoms. The maximum Gasteiger partial charge on any atom is 0.320 e. The van der Waals surface area contributed by atoms with Gasteiger partial charge in [-0.25, -0.2) is 0 Å². The molecule has 172 valence electrons. The second kappa shape index (κ2) is 10.7. The number of nitrogens with two attached hydrogens (primary N) is 2. The van der Waals surface area contributed by atoms with Crippen LogP contribution in [0.4, 0.5) is 17.6 Å². The number of halogens is 1. The first-order chi connectivity index (χ1) is 15.7. The van der Waals surface area contributed by atoms with Gasteiger partial charge < -0.3 is 26.6 Å². The average molecular weight is 471 g/mol. The lowest BCUT2D eigenvalue weighted by molar-refractivity contribution is -0.145. The number of esters is 1. The summed E-state index contributed by atoms with van der Waals surface area (Å²) < 4.78 is 5.15. The fourth-order valence-electron chi connectivity index (χ4n) is 2.85. The number of aromatic nitrogens is 3. The van der Waals surface area contributed by atoms with Crippen molar-refractivity contribution >= 4 is 41.1 Å². The van der Waals surface area contributed by atoms with Crippen molar-refractivity contribution in [2.45, 2.75) is 32.4 Å². The zero-order valence-corrected chi connectivity index (χ0v) is 18.5. The summed E-state index contributed by atoms with van der Waals surface area (Å²) in [6.45, 7) is 1.98. The van der Waals surface area contributed by atoms with Crippen LogP contribution in [0.2, 0.25) is 5.02 Å². The van der Waals surface area contributed by atoms with Crippen molar-refractivity contribution in [3.05, 3.63) is 58.6 Å². The fourth-order valence-corrected chi connectivity index (χ4v) is 3.02. The highest BCUT2D eigenvalue weighted by Crippen LogP contribution is 2.25. The normalized spacial score (nSPS) is 11.6. The Morgan fingerprint density at radius 1 is 1.15 bits per heavy atom. The van der Waals surface area contributed by atoms with Crippen molar-refractivity contribution in [1.82, 2.24) is 15.0 Å². The van der Waals surface area contributed by atoms with Gasteiger partial charge in [-0.2, -0.15) is 15.0 Å². The lowest BCUT2D eigenvalue weighted by atomic mass is 10.1. The molecule has 0 spiro atoms. The van der Waals surface area contributed by atoms with Crippen molar-refractivity contribution < 1.29 is 19.4 Å². The Balaban J connectivity index is 1.62. The molecule has 1 atom stereocenters. The maximum atomic E-state index is 11.8. The van der Waals surface area contributed by atoms with Gasteiger partial charge in [-0.05, 0) is 48.7 Å². The highest BCUT2D eigenvalue weighted by Gasteiger charge is 2.14. The number of nitrogens with zero attached hydrogens (tertiary/aromatic N) is 3. The lowest BCUT2D eigenvalue weighted by Gasteiger charge is -2.10. The zero-order chi connectivity index (χ0) is 24.0. The van der Waals surface area contributed by atoms with Gasteiger partial charge in [0.15, 0.2) is 5.82 Å². The number of carboxylic acids is 1. The van der Waals surface area contributed by atoms with E-state index in [1.54, 1.807) is 36.4 Å².